The molecule has 1 heterocycles. The van der Waals surface area contributed by atoms with E-state index in [9.17, 15) is 10.2 Å². The Morgan fingerprint density at radius 3 is 2.20 bits per heavy atom. The quantitative estimate of drug-likeness (QED) is 0.425. The predicted octanol–water partition coefficient (Wildman–Crippen LogP) is 2.16. The van der Waals surface area contributed by atoms with Crippen molar-refractivity contribution in [2.24, 2.45) is 0 Å². The number of unbranched alkanes of at least 4 members (excludes halogenated alkanes) is 7. The van der Waals surface area contributed by atoms with Crippen LogP contribution < -0.4 is 0 Å². The summed E-state index contributed by atoms with van der Waals surface area (Å²) < 4.78 is 5.37. The second-order valence-corrected chi connectivity index (χ2v) is 5.64. The van der Waals surface area contributed by atoms with E-state index in [-0.39, 0.29) is 6.61 Å². The average Bonchev–Trinajstić information content (AvgIpc) is 2.73. The summed E-state index contributed by atoms with van der Waals surface area (Å²) in [6.07, 6.45) is 10.7. The number of aliphatic hydroxyl groups is 3. The van der Waals surface area contributed by atoms with Crippen LogP contribution in [0.5, 0.6) is 0 Å². The van der Waals surface area contributed by atoms with Crippen LogP contribution in [0.25, 0.3) is 0 Å². The lowest BCUT2D eigenvalue weighted by atomic mass is 10.1. The molecule has 1 unspecified atom stereocenters. The largest absolute Gasteiger partial charge is 0.394 e. The van der Waals surface area contributed by atoms with Crippen molar-refractivity contribution in [1.82, 2.24) is 0 Å². The molecule has 0 amide bonds. The molecule has 4 atom stereocenters. The van der Waals surface area contributed by atoms with Crippen molar-refractivity contribution in [1.29, 1.82) is 0 Å². The zero-order valence-corrected chi connectivity index (χ0v) is 12.6. The fourth-order valence-corrected chi connectivity index (χ4v) is 2.54. The standard InChI is InChI=1S/C16H30O4/c1-2-3-4-5-6-7-8-9-10-11-13-15(18)16(19)14(12-17)20-13/h10-11,13-19H,2-9,12H2,1H3/t13?,14-,15-,16-/m1/s1. The van der Waals surface area contributed by atoms with Crippen molar-refractivity contribution in [3.63, 3.8) is 0 Å². The van der Waals surface area contributed by atoms with Crippen LogP contribution >= 0.6 is 0 Å². The number of allylic oxidation sites excluding steroid dienone is 1. The minimum absolute atomic E-state index is 0.264. The Kier molecular flexibility index (Phi) is 9.10. The Morgan fingerprint density at radius 1 is 0.950 bits per heavy atom. The van der Waals surface area contributed by atoms with Gasteiger partial charge in [-0.15, -0.1) is 0 Å². The van der Waals surface area contributed by atoms with Crippen molar-refractivity contribution in [3.05, 3.63) is 12.2 Å². The summed E-state index contributed by atoms with van der Waals surface area (Å²) in [5, 5.41) is 28.3. The first-order valence-electron chi connectivity index (χ1n) is 7.99. The molecule has 0 aromatic heterocycles. The van der Waals surface area contributed by atoms with Crippen LogP contribution in [-0.4, -0.2) is 46.3 Å². The molecule has 0 saturated carbocycles. The van der Waals surface area contributed by atoms with E-state index in [1.54, 1.807) is 6.08 Å². The molecule has 1 fully saturated rings. The molecule has 1 aliphatic rings. The second kappa shape index (κ2) is 10.3. The summed E-state index contributed by atoms with van der Waals surface area (Å²) in [6.45, 7) is 1.96. The van der Waals surface area contributed by atoms with E-state index in [0.29, 0.717) is 0 Å². The van der Waals surface area contributed by atoms with Gasteiger partial charge in [-0.2, -0.15) is 0 Å². The fourth-order valence-electron chi connectivity index (χ4n) is 2.54. The van der Waals surface area contributed by atoms with E-state index in [2.05, 4.69) is 6.92 Å². The molecular formula is C16H30O4. The molecular weight excluding hydrogens is 256 g/mol. The van der Waals surface area contributed by atoms with Gasteiger partial charge in [0.2, 0.25) is 0 Å². The fraction of sp³-hybridized carbons (Fsp3) is 0.875. The molecule has 20 heavy (non-hydrogen) atoms. The van der Waals surface area contributed by atoms with Gasteiger partial charge in [0, 0.05) is 0 Å². The Hall–Kier alpha value is -0.420. The maximum absolute atomic E-state index is 9.74. The molecule has 4 heteroatoms. The van der Waals surface area contributed by atoms with E-state index in [4.69, 9.17) is 9.84 Å². The van der Waals surface area contributed by atoms with Gasteiger partial charge in [-0.3, -0.25) is 0 Å². The minimum Gasteiger partial charge on any atom is -0.394 e. The summed E-state index contributed by atoms with van der Waals surface area (Å²) in [7, 11) is 0. The average molecular weight is 286 g/mol. The van der Waals surface area contributed by atoms with Gasteiger partial charge in [-0.25, -0.2) is 0 Å². The summed E-state index contributed by atoms with van der Waals surface area (Å²) in [6, 6.07) is 0. The highest BCUT2D eigenvalue weighted by atomic mass is 16.6. The van der Waals surface area contributed by atoms with Crippen LogP contribution in [-0.2, 0) is 4.74 Å². The Balaban J connectivity index is 2.07. The number of hydrogen-bond donors (Lipinski definition) is 3. The lowest BCUT2D eigenvalue weighted by molar-refractivity contribution is -0.0123. The number of aliphatic hydroxyl groups excluding tert-OH is 3. The van der Waals surface area contributed by atoms with Crippen LogP contribution in [0.15, 0.2) is 12.2 Å². The Labute approximate surface area is 122 Å². The molecule has 0 aliphatic carbocycles. The Morgan fingerprint density at radius 2 is 1.60 bits per heavy atom. The van der Waals surface area contributed by atoms with Crippen LogP contribution in [0, 0.1) is 0 Å². The number of ether oxygens (including phenoxy) is 1. The van der Waals surface area contributed by atoms with Crippen molar-refractivity contribution < 1.29 is 20.1 Å². The molecule has 0 bridgehead atoms. The molecule has 1 aliphatic heterocycles. The zero-order chi connectivity index (χ0) is 14.8. The van der Waals surface area contributed by atoms with E-state index >= 15 is 0 Å². The van der Waals surface area contributed by atoms with Crippen molar-refractivity contribution >= 4 is 0 Å². The molecule has 0 aromatic rings. The van der Waals surface area contributed by atoms with Crippen LogP contribution in [0.3, 0.4) is 0 Å². The third-order valence-corrected chi connectivity index (χ3v) is 3.88. The number of rotatable bonds is 10. The highest BCUT2D eigenvalue weighted by Crippen LogP contribution is 2.22. The SMILES string of the molecule is CCCCCCCCCC=CC1O[C@H](CO)[C@@H](O)[C@@H]1O. The lowest BCUT2D eigenvalue weighted by Crippen LogP contribution is -2.33. The summed E-state index contributed by atoms with van der Waals surface area (Å²) >= 11 is 0. The summed E-state index contributed by atoms with van der Waals surface area (Å²) in [5.74, 6) is 0. The topological polar surface area (TPSA) is 69.9 Å². The van der Waals surface area contributed by atoms with Crippen molar-refractivity contribution in [2.45, 2.75) is 82.7 Å². The van der Waals surface area contributed by atoms with E-state index in [1.807, 2.05) is 6.08 Å². The highest BCUT2D eigenvalue weighted by Gasteiger charge is 2.40. The molecule has 3 N–H and O–H groups in total. The maximum Gasteiger partial charge on any atom is 0.112 e. The van der Waals surface area contributed by atoms with Gasteiger partial charge in [0.05, 0.1) is 6.61 Å². The Bertz CT molecular complexity index is 267. The highest BCUT2D eigenvalue weighted by molar-refractivity contribution is 5.02. The van der Waals surface area contributed by atoms with E-state index < -0.39 is 24.4 Å². The van der Waals surface area contributed by atoms with Gasteiger partial charge in [0.25, 0.3) is 0 Å². The third-order valence-electron chi connectivity index (χ3n) is 3.88. The summed E-state index contributed by atoms with van der Waals surface area (Å²) in [5.41, 5.74) is 0. The molecule has 4 nitrogen and oxygen atoms in total. The van der Waals surface area contributed by atoms with Gasteiger partial charge < -0.3 is 20.1 Å². The molecule has 0 aromatic carbocycles. The first-order valence-corrected chi connectivity index (χ1v) is 7.99. The normalized spacial score (nSPS) is 30.4. The molecule has 0 radical (unpaired) electrons. The van der Waals surface area contributed by atoms with Gasteiger partial charge in [0.15, 0.2) is 0 Å². The maximum atomic E-state index is 9.74. The minimum atomic E-state index is -0.992. The van der Waals surface area contributed by atoms with Crippen LogP contribution in [0.4, 0.5) is 0 Å². The molecule has 1 saturated heterocycles. The van der Waals surface area contributed by atoms with Crippen LogP contribution in [0.2, 0.25) is 0 Å². The first-order chi connectivity index (χ1) is 9.70. The number of hydrogen-bond acceptors (Lipinski definition) is 4. The van der Waals surface area contributed by atoms with Gasteiger partial charge in [0.1, 0.15) is 24.4 Å². The monoisotopic (exact) mass is 286 g/mol. The zero-order valence-electron chi connectivity index (χ0n) is 12.6. The van der Waals surface area contributed by atoms with Gasteiger partial charge in [-0.05, 0) is 12.8 Å². The second-order valence-electron chi connectivity index (χ2n) is 5.64. The lowest BCUT2D eigenvalue weighted by Gasteiger charge is -2.10. The smallest absolute Gasteiger partial charge is 0.112 e. The van der Waals surface area contributed by atoms with Crippen molar-refractivity contribution in [3.8, 4) is 0 Å². The molecule has 0 spiro atoms. The van der Waals surface area contributed by atoms with Gasteiger partial charge in [-0.1, -0.05) is 57.6 Å². The third kappa shape index (κ3) is 5.92. The van der Waals surface area contributed by atoms with Crippen LogP contribution in [0.1, 0.15) is 58.3 Å². The van der Waals surface area contributed by atoms with E-state index in [0.717, 1.165) is 12.8 Å². The van der Waals surface area contributed by atoms with E-state index in [1.165, 1.54) is 38.5 Å². The molecule has 118 valence electrons. The predicted molar refractivity (Wildman–Crippen MR) is 79.5 cm³/mol. The molecule has 1 rings (SSSR count). The first kappa shape index (κ1) is 17.6. The van der Waals surface area contributed by atoms with Crippen molar-refractivity contribution in [2.75, 3.05) is 6.61 Å². The van der Waals surface area contributed by atoms with Gasteiger partial charge >= 0.3 is 0 Å². The summed E-state index contributed by atoms with van der Waals surface area (Å²) in [4.78, 5) is 0.